The zero-order valence-corrected chi connectivity index (χ0v) is 17.6. The number of hydrogen-bond acceptors (Lipinski definition) is 3. The summed E-state index contributed by atoms with van der Waals surface area (Å²) in [6.45, 7) is 5.57. The van der Waals surface area contributed by atoms with E-state index in [1.54, 1.807) is 11.3 Å². The summed E-state index contributed by atoms with van der Waals surface area (Å²) in [5, 5.41) is 7.01. The van der Waals surface area contributed by atoms with E-state index < -0.39 is 0 Å². The van der Waals surface area contributed by atoms with E-state index in [1.165, 1.54) is 24.3 Å². The lowest BCUT2D eigenvalue weighted by molar-refractivity contribution is 0.315. The number of halogens is 2. The smallest absolute Gasteiger partial charge is 0.191 e. The number of hydrogen-bond donors (Lipinski definition) is 2. The molecule has 7 heteroatoms. The first kappa shape index (κ1) is 19.3. The molecule has 0 amide bonds. The van der Waals surface area contributed by atoms with Crippen LogP contribution in [0, 0.1) is 5.92 Å². The lowest BCUT2D eigenvalue weighted by atomic mass is 10.1. The van der Waals surface area contributed by atoms with Crippen molar-refractivity contribution in [2.24, 2.45) is 10.9 Å². The number of aliphatic imine (C=N–C) groups is 1. The van der Waals surface area contributed by atoms with Crippen LogP contribution in [0.3, 0.4) is 0 Å². The molecule has 0 aromatic carbocycles. The minimum atomic E-state index is 0. The molecule has 1 aliphatic heterocycles. The van der Waals surface area contributed by atoms with Crippen LogP contribution in [0.25, 0.3) is 0 Å². The van der Waals surface area contributed by atoms with Gasteiger partial charge in [0.25, 0.3) is 0 Å². The van der Waals surface area contributed by atoms with Crippen LogP contribution in [-0.2, 0) is 6.42 Å². The van der Waals surface area contributed by atoms with Gasteiger partial charge in [0.05, 0.1) is 4.34 Å². The predicted octanol–water partition coefficient (Wildman–Crippen LogP) is 3.21. The van der Waals surface area contributed by atoms with E-state index in [0.29, 0.717) is 12.0 Å². The second-order valence-electron chi connectivity index (χ2n) is 6.37. The minimum Gasteiger partial charge on any atom is -0.356 e. The number of guanidine groups is 1. The molecule has 1 saturated heterocycles. The van der Waals surface area contributed by atoms with Crippen LogP contribution in [0.4, 0.5) is 0 Å². The Kier molecular flexibility index (Phi) is 7.44. The quantitative estimate of drug-likeness (QED) is 0.396. The average Bonchev–Trinajstić information content (AvgIpc) is 3.18. The summed E-state index contributed by atoms with van der Waals surface area (Å²) < 4.78 is 0.859. The van der Waals surface area contributed by atoms with E-state index in [-0.39, 0.29) is 24.0 Å². The van der Waals surface area contributed by atoms with Crippen molar-refractivity contribution < 1.29 is 0 Å². The van der Waals surface area contributed by atoms with Crippen molar-refractivity contribution in [2.45, 2.75) is 38.3 Å². The fourth-order valence-electron chi connectivity index (χ4n) is 3.09. The largest absolute Gasteiger partial charge is 0.356 e. The summed E-state index contributed by atoms with van der Waals surface area (Å²) in [5.41, 5.74) is 0. The van der Waals surface area contributed by atoms with Gasteiger partial charge in [-0.15, -0.1) is 35.3 Å². The molecule has 2 atom stereocenters. The monoisotopic (exact) mass is 468 g/mol. The standard InChI is InChI=1S/C16H25ClN4S.HI/c1-11-9-21(12-3-4-12)10-14(11)20-16(18-2)19-8-7-13-5-6-15(17)22-13;/h5-6,11-12,14H,3-4,7-10H2,1-2H3,(H2,18,19,20);1H. The van der Waals surface area contributed by atoms with Crippen LogP contribution in [-0.4, -0.2) is 49.6 Å². The SMILES string of the molecule is CN=C(NCCc1ccc(Cl)s1)NC1CN(C2CC2)CC1C.I. The van der Waals surface area contributed by atoms with Crippen LogP contribution >= 0.6 is 46.9 Å². The third-order valence-corrected chi connectivity index (χ3v) is 5.83. The molecule has 3 rings (SSSR count). The van der Waals surface area contributed by atoms with Gasteiger partial charge in [-0.2, -0.15) is 0 Å². The van der Waals surface area contributed by atoms with E-state index in [9.17, 15) is 0 Å². The van der Waals surface area contributed by atoms with E-state index >= 15 is 0 Å². The number of rotatable bonds is 5. The van der Waals surface area contributed by atoms with Gasteiger partial charge in [0.15, 0.2) is 5.96 Å². The van der Waals surface area contributed by atoms with Crippen LogP contribution in [0.1, 0.15) is 24.6 Å². The molecule has 4 nitrogen and oxygen atoms in total. The molecule has 2 heterocycles. The van der Waals surface area contributed by atoms with Crippen molar-refractivity contribution in [1.82, 2.24) is 15.5 Å². The van der Waals surface area contributed by atoms with E-state index in [2.05, 4.69) is 33.5 Å². The molecule has 0 spiro atoms. The first-order valence-electron chi connectivity index (χ1n) is 8.11. The van der Waals surface area contributed by atoms with Gasteiger partial charge in [0, 0.05) is 43.6 Å². The number of nitrogens with zero attached hydrogens (tertiary/aromatic N) is 2. The third kappa shape index (κ3) is 5.47. The highest BCUT2D eigenvalue weighted by molar-refractivity contribution is 14.0. The van der Waals surface area contributed by atoms with Crippen molar-refractivity contribution in [3.63, 3.8) is 0 Å². The molecule has 130 valence electrons. The van der Waals surface area contributed by atoms with Crippen molar-refractivity contribution in [1.29, 1.82) is 0 Å². The lowest BCUT2D eigenvalue weighted by Gasteiger charge is -2.20. The predicted molar refractivity (Wildman–Crippen MR) is 110 cm³/mol. The van der Waals surface area contributed by atoms with Gasteiger partial charge in [0.2, 0.25) is 0 Å². The lowest BCUT2D eigenvalue weighted by Crippen LogP contribution is -2.47. The molecule has 2 aliphatic rings. The van der Waals surface area contributed by atoms with Gasteiger partial charge in [-0.3, -0.25) is 9.89 Å². The first-order valence-corrected chi connectivity index (χ1v) is 9.30. The van der Waals surface area contributed by atoms with E-state index in [0.717, 1.165) is 35.8 Å². The highest BCUT2D eigenvalue weighted by atomic mass is 127. The molecule has 0 radical (unpaired) electrons. The number of thiophene rings is 1. The molecule has 2 fully saturated rings. The van der Waals surface area contributed by atoms with E-state index in [4.69, 9.17) is 11.6 Å². The Morgan fingerprint density at radius 1 is 1.39 bits per heavy atom. The zero-order valence-electron chi connectivity index (χ0n) is 13.7. The molecular weight excluding hydrogens is 443 g/mol. The maximum atomic E-state index is 5.96. The number of likely N-dealkylation sites (tertiary alicyclic amines) is 1. The summed E-state index contributed by atoms with van der Waals surface area (Å²) in [7, 11) is 1.84. The Labute approximate surface area is 165 Å². The molecule has 23 heavy (non-hydrogen) atoms. The summed E-state index contributed by atoms with van der Waals surface area (Å²) in [6, 6.07) is 5.41. The molecule has 1 aromatic rings. The van der Waals surface area contributed by atoms with Crippen LogP contribution in [0.2, 0.25) is 4.34 Å². The zero-order chi connectivity index (χ0) is 15.5. The van der Waals surface area contributed by atoms with Crippen molar-refractivity contribution in [2.75, 3.05) is 26.7 Å². The summed E-state index contributed by atoms with van der Waals surface area (Å²) >= 11 is 7.61. The fraction of sp³-hybridized carbons (Fsp3) is 0.688. The first-order chi connectivity index (χ1) is 10.7. The maximum Gasteiger partial charge on any atom is 0.191 e. The molecule has 0 bridgehead atoms. The van der Waals surface area contributed by atoms with Gasteiger partial charge in [-0.05, 0) is 37.3 Å². The van der Waals surface area contributed by atoms with Crippen LogP contribution < -0.4 is 10.6 Å². The molecular formula is C16H26ClIN4S. The Bertz CT molecular complexity index is 532. The Hall–Kier alpha value is -0.0500. The summed E-state index contributed by atoms with van der Waals surface area (Å²) in [5.74, 6) is 1.59. The molecule has 2 N–H and O–H groups in total. The molecule has 2 unspecified atom stereocenters. The van der Waals surface area contributed by atoms with Crippen molar-refractivity contribution in [3.05, 3.63) is 21.3 Å². The van der Waals surface area contributed by atoms with Gasteiger partial charge >= 0.3 is 0 Å². The highest BCUT2D eigenvalue weighted by Crippen LogP contribution is 2.31. The van der Waals surface area contributed by atoms with Crippen molar-refractivity contribution in [3.8, 4) is 0 Å². The van der Waals surface area contributed by atoms with Crippen LogP contribution in [0.15, 0.2) is 17.1 Å². The normalized spacial score (nSPS) is 25.3. The Balaban J connectivity index is 0.00000192. The van der Waals surface area contributed by atoms with Gasteiger partial charge < -0.3 is 10.6 Å². The topological polar surface area (TPSA) is 39.7 Å². The summed E-state index contributed by atoms with van der Waals surface area (Å²) in [4.78, 5) is 8.30. The summed E-state index contributed by atoms with van der Waals surface area (Å²) in [6.07, 6.45) is 3.75. The second-order valence-corrected chi connectivity index (χ2v) is 8.17. The molecule has 1 aliphatic carbocycles. The van der Waals surface area contributed by atoms with E-state index in [1.807, 2.05) is 13.1 Å². The second kappa shape index (κ2) is 8.87. The van der Waals surface area contributed by atoms with Crippen LogP contribution in [0.5, 0.6) is 0 Å². The van der Waals surface area contributed by atoms with Gasteiger partial charge in [-0.1, -0.05) is 18.5 Å². The van der Waals surface area contributed by atoms with Gasteiger partial charge in [-0.25, -0.2) is 0 Å². The molecule has 1 saturated carbocycles. The number of nitrogens with one attached hydrogen (secondary N) is 2. The molecule has 1 aromatic heterocycles. The maximum absolute atomic E-state index is 5.96. The Morgan fingerprint density at radius 3 is 2.78 bits per heavy atom. The fourth-order valence-corrected chi connectivity index (χ4v) is 4.18. The third-order valence-electron chi connectivity index (χ3n) is 4.54. The average molecular weight is 469 g/mol. The highest BCUT2D eigenvalue weighted by Gasteiger charge is 2.38. The minimum absolute atomic E-state index is 0. The van der Waals surface area contributed by atoms with Gasteiger partial charge in [0.1, 0.15) is 0 Å². The van der Waals surface area contributed by atoms with Crippen molar-refractivity contribution >= 4 is 52.9 Å². The Morgan fingerprint density at radius 2 is 2.17 bits per heavy atom.